The number of nitrogens with zero attached hydrogens (tertiary/aromatic N) is 2. The fourth-order valence-electron chi connectivity index (χ4n) is 3.34. The Morgan fingerprint density at radius 3 is 2.50 bits per heavy atom. The van der Waals surface area contributed by atoms with E-state index in [-0.39, 0.29) is 11.7 Å². The zero-order valence-electron chi connectivity index (χ0n) is 15.2. The van der Waals surface area contributed by atoms with Crippen LogP contribution in [0.15, 0.2) is 48.5 Å². The Bertz CT molecular complexity index is 742. The van der Waals surface area contributed by atoms with E-state index in [0.717, 1.165) is 56.0 Å². The second-order valence-corrected chi connectivity index (χ2v) is 6.74. The molecule has 4 nitrogen and oxygen atoms in total. The number of para-hydroxylation sites is 1. The topological polar surface area (TPSA) is 35.6 Å². The Labute approximate surface area is 154 Å². The van der Waals surface area contributed by atoms with E-state index in [1.165, 1.54) is 6.07 Å². The number of amides is 1. The summed E-state index contributed by atoms with van der Waals surface area (Å²) in [5.74, 6) is -0.158. The van der Waals surface area contributed by atoms with Gasteiger partial charge in [-0.1, -0.05) is 37.3 Å². The summed E-state index contributed by atoms with van der Waals surface area (Å²) in [7, 11) is 0. The van der Waals surface area contributed by atoms with Crippen LogP contribution in [0, 0.1) is 5.82 Å². The average Bonchev–Trinajstić information content (AvgIpc) is 2.64. The van der Waals surface area contributed by atoms with E-state index in [9.17, 15) is 9.18 Å². The summed E-state index contributed by atoms with van der Waals surface area (Å²) < 4.78 is 13.3. The van der Waals surface area contributed by atoms with E-state index in [4.69, 9.17) is 0 Å². The van der Waals surface area contributed by atoms with Crippen molar-refractivity contribution in [3.8, 4) is 0 Å². The lowest BCUT2D eigenvalue weighted by Crippen LogP contribution is -2.48. The van der Waals surface area contributed by atoms with Crippen molar-refractivity contribution in [2.24, 2.45) is 0 Å². The molecule has 1 saturated heterocycles. The van der Waals surface area contributed by atoms with Crippen LogP contribution in [0.3, 0.4) is 0 Å². The highest BCUT2D eigenvalue weighted by Crippen LogP contribution is 2.15. The molecule has 1 aliphatic heterocycles. The molecule has 3 rings (SSSR count). The summed E-state index contributed by atoms with van der Waals surface area (Å²) in [5, 5.41) is 3.03. The van der Waals surface area contributed by atoms with Gasteiger partial charge in [-0.15, -0.1) is 0 Å². The normalized spacial score (nSPS) is 15.8. The number of carbonyl (C=O) groups excluding carboxylic acids is 1. The summed E-state index contributed by atoms with van der Waals surface area (Å²) in [6, 6.07) is 14.7. The van der Waals surface area contributed by atoms with Crippen molar-refractivity contribution in [1.29, 1.82) is 0 Å². The van der Waals surface area contributed by atoms with Gasteiger partial charge < -0.3 is 5.32 Å². The molecule has 0 aliphatic carbocycles. The van der Waals surface area contributed by atoms with E-state index in [0.29, 0.717) is 6.54 Å². The van der Waals surface area contributed by atoms with Gasteiger partial charge in [-0.2, -0.15) is 0 Å². The average molecular weight is 355 g/mol. The third kappa shape index (κ3) is 5.13. The molecule has 1 aliphatic rings. The van der Waals surface area contributed by atoms with Crippen molar-refractivity contribution >= 4 is 11.6 Å². The SMILES string of the molecule is CCc1ccccc1NC(=O)CN1CCN(Cc2cccc(F)c2)CC1. The molecule has 0 unspecified atom stereocenters. The lowest BCUT2D eigenvalue weighted by molar-refractivity contribution is -0.117. The van der Waals surface area contributed by atoms with Gasteiger partial charge >= 0.3 is 0 Å². The lowest BCUT2D eigenvalue weighted by Gasteiger charge is -2.34. The molecule has 5 heteroatoms. The van der Waals surface area contributed by atoms with Gasteiger partial charge in [0.05, 0.1) is 6.54 Å². The van der Waals surface area contributed by atoms with Gasteiger partial charge in [-0.3, -0.25) is 14.6 Å². The summed E-state index contributed by atoms with van der Waals surface area (Å²) in [5.41, 5.74) is 3.05. The first kappa shape index (κ1) is 18.5. The summed E-state index contributed by atoms with van der Waals surface area (Å²) in [4.78, 5) is 16.8. The Morgan fingerprint density at radius 1 is 1.04 bits per heavy atom. The minimum atomic E-state index is -0.190. The maximum Gasteiger partial charge on any atom is 0.238 e. The maximum atomic E-state index is 13.3. The number of rotatable bonds is 6. The first-order chi connectivity index (χ1) is 12.6. The van der Waals surface area contributed by atoms with Crippen molar-refractivity contribution in [2.45, 2.75) is 19.9 Å². The second-order valence-electron chi connectivity index (χ2n) is 6.74. The lowest BCUT2D eigenvalue weighted by atomic mass is 10.1. The molecule has 26 heavy (non-hydrogen) atoms. The number of nitrogens with one attached hydrogen (secondary N) is 1. The van der Waals surface area contributed by atoms with Crippen LogP contribution in [0.2, 0.25) is 0 Å². The number of halogens is 1. The van der Waals surface area contributed by atoms with Gasteiger partial charge in [0.25, 0.3) is 0 Å². The largest absolute Gasteiger partial charge is 0.325 e. The van der Waals surface area contributed by atoms with Crippen LogP contribution in [0.5, 0.6) is 0 Å². The summed E-state index contributed by atoms with van der Waals surface area (Å²) >= 11 is 0. The predicted molar refractivity (Wildman–Crippen MR) is 103 cm³/mol. The molecule has 2 aromatic rings. The second kappa shape index (κ2) is 8.92. The van der Waals surface area contributed by atoms with Crippen molar-refractivity contribution in [2.75, 3.05) is 38.0 Å². The van der Waals surface area contributed by atoms with Gasteiger partial charge in [0, 0.05) is 38.4 Å². The van der Waals surface area contributed by atoms with E-state index < -0.39 is 0 Å². The van der Waals surface area contributed by atoms with Crippen molar-refractivity contribution in [3.63, 3.8) is 0 Å². The molecule has 1 N–H and O–H groups in total. The first-order valence-electron chi connectivity index (χ1n) is 9.21. The van der Waals surface area contributed by atoms with Crippen LogP contribution in [0.25, 0.3) is 0 Å². The van der Waals surface area contributed by atoms with Gasteiger partial charge in [-0.05, 0) is 35.7 Å². The first-order valence-corrected chi connectivity index (χ1v) is 9.21. The van der Waals surface area contributed by atoms with Crippen LogP contribution in [-0.4, -0.2) is 48.4 Å². The number of benzene rings is 2. The molecule has 0 aromatic heterocycles. The molecule has 0 bridgehead atoms. The minimum absolute atomic E-state index is 0.0319. The highest BCUT2D eigenvalue weighted by atomic mass is 19.1. The number of carbonyl (C=O) groups is 1. The summed E-state index contributed by atoms with van der Waals surface area (Å²) in [6.45, 7) is 6.71. The van der Waals surface area contributed by atoms with Crippen LogP contribution < -0.4 is 5.32 Å². The molecule has 1 heterocycles. The third-order valence-electron chi connectivity index (χ3n) is 4.80. The highest BCUT2D eigenvalue weighted by Gasteiger charge is 2.19. The summed E-state index contributed by atoms with van der Waals surface area (Å²) in [6.07, 6.45) is 0.898. The number of hydrogen-bond donors (Lipinski definition) is 1. The Kier molecular flexibility index (Phi) is 6.36. The monoisotopic (exact) mass is 355 g/mol. The van der Waals surface area contributed by atoms with E-state index in [2.05, 4.69) is 22.0 Å². The highest BCUT2D eigenvalue weighted by molar-refractivity contribution is 5.93. The fourth-order valence-corrected chi connectivity index (χ4v) is 3.34. The molecule has 2 aromatic carbocycles. The van der Waals surface area contributed by atoms with Gasteiger partial charge in [0.2, 0.25) is 5.91 Å². The molecular weight excluding hydrogens is 329 g/mol. The molecule has 1 amide bonds. The number of piperazine rings is 1. The Morgan fingerprint density at radius 2 is 1.77 bits per heavy atom. The van der Waals surface area contributed by atoms with Gasteiger partial charge in [0.15, 0.2) is 0 Å². The van der Waals surface area contributed by atoms with Crippen LogP contribution in [0.4, 0.5) is 10.1 Å². The molecule has 1 fully saturated rings. The third-order valence-corrected chi connectivity index (χ3v) is 4.80. The van der Waals surface area contributed by atoms with Crippen LogP contribution in [0.1, 0.15) is 18.1 Å². The fraction of sp³-hybridized carbons (Fsp3) is 0.381. The number of hydrogen-bond acceptors (Lipinski definition) is 3. The zero-order chi connectivity index (χ0) is 18.4. The quantitative estimate of drug-likeness (QED) is 0.865. The van der Waals surface area contributed by atoms with E-state index in [1.54, 1.807) is 12.1 Å². The molecule has 0 spiro atoms. The molecule has 0 radical (unpaired) electrons. The van der Waals surface area contributed by atoms with Crippen molar-refractivity contribution < 1.29 is 9.18 Å². The van der Waals surface area contributed by atoms with Crippen molar-refractivity contribution in [1.82, 2.24) is 9.80 Å². The van der Waals surface area contributed by atoms with E-state index in [1.807, 2.05) is 30.3 Å². The van der Waals surface area contributed by atoms with Crippen LogP contribution >= 0.6 is 0 Å². The van der Waals surface area contributed by atoms with Gasteiger partial charge in [-0.25, -0.2) is 4.39 Å². The number of aryl methyl sites for hydroxylation is 1. The Balaban J connectivity index is 1.45. The molecule has 0 saturated carbocycles. The molecule has 138 valence electrons. The van der Waals surface area contributed by atoms with Crippen molar-refractivity contribution in [3.05, 3.63) is 65.5 Å². The minimum Gasteiger partial charge on any atom is -0.325 e. The molecular formula is C21H26FN3O. The zero-order valence-corrected chi connectivity index (χ0v) is 15.2. The van der Waals surface area contributed by atoms with E-state index >= 15 is 0 Å². The Hall–Kier alpha value is -2.24. The van der Waals surface area contributed by atoms with Crippen LogP contribution in [-0.2, 0) is 17.8 Å². The standard InChI is InChI=1S/C21H26FN3O/c1-2-18-7-3-4-9-20(18)23-21(26)16-25-12-10-24(11-13-25)15-17-6-5-8-19(22)14-17/h3-9,14H,2,10-13,15-16H2,1H3,(H,23,26). The number of anilines is 1. The maximum absolute atomic E-state index is 13.3. The predicted octanol–water partition coefficient (Wildman–Crippen LogP) is 3.14. The smallest absolute Gasteiger partial charge is 0.238 e. The van der Waals surface area contributed by atoms with Gasteiger partial charge in [0.1, 0.15) is 5.82 Å². The molecule has 0 atom stereocenters.